The molecule has 0 radical (unpaired) electrons. The molecule has 0 fully saturated rings. The van der Waals surface area contributed by atoms with E-state index < -0.39 is 0 Å². The summed E-state index contributed by atoms with van der Waals surface area (Å²) in [6, 6.07) is 9.89. The number of halogens is 1. The van der Waals surface area contributed by atoms with Crippen molar-refractivity contribution in [2.24, 2.45) is 0 Å². The van der Waals surface area contributed by atoms with Gasteiger partial charge in [0.2, 0.25) is 0 Å². The first-order chi connectivity index (χ1) is 10.1. The van der Waals surface area contributed by atoms with Gasteiger partial charge in [-0.3, -0.25) is 4.98 Å². The molecule has 1 aromatic carbocycles. The smallest absolute Gasteiger partial charge is 0.122 e. The maximum atomic E-state index is 5.27. The lowest BCUT2D eigenvalue weighted by molar-refractivity contribution is 0.185. The molecule has 112 valence electrons. The van der Waals surface area contributed by atoms with Crippen LogP contribution in [0.3, 0.4) is 0 Å². The lowest BCUT2D eigenvalue weighted by Crippen LogP contribution is -2.06. The van der Waals surface area contributed by atoms with Crippen molar-refractivity contribution in [3.8, 4) is 5.75 Å². The van der Waals surface area contributed by atoms with Crippen LogP contribution >= 0.6 is 15.9 Å². The average molecular weight is 351 g/mol. The van der Waals surface area contributed by atoms with Crippen molar-refractivity contribution in [2.75, 3.05) is 19.5 Å². The van der Waals surface area contributed by atoms with Gasteiger partial charge in [-0.15, -0.1) is 0 Å². The fourth-order valence-electron chi connectivity index (χ4n) is 2.11. The Morgan fingerprint density at radius 1 is 1.24 bits per heavy atom. The fourth-order valence-corrected chi connectivity index (χ4v) is 2.59. The molecule has 0 saturated carbocycles. The summed E-state index contributed by atoms with van der Waals surface area (Å²) in [6.07, 6.45) is 0. The average Bonchev–Trinajstić information content (AvgIpc) is 2.47. The van der Waals surface area contributed by atoms with Crippen LogP contribution in [0.25, 0.3) is 0 Å². The minimum absolute atomic E-state index is 0.550. The number of methoxy groups -OCH3 is 2. The molecule has 0 aliphatic rings. The highest BCUT2D eigenvalue weighted by Crippen LogP contribution is 2.26. The first kappa shape index (κ1) is 15.8. The largest absolute Gasteiger partial charge is 0.497 e. The Kier molecular flexibility index (Phi) is 5.59. The summed E-state index contributed by atoms with van der Waals surface area (Å²) in [5, 5.41) is 3.41. The van der Waals surface area contributed by atoms with E-state index in [1.807, 2.05) is 37.3 Å². The lowest BCUT2D eigenvalue weighted by atomic mass is 10.2. The third-order valence-corrected chi connectivity index (χ3v) is 3.83. The van der Waals surface area contributed by atoms with Crippen LogP contribution in [0, 0.1) is 6.92 Å². The Hall–Kier alpha value is -1.59. The SMILES string of the molecule is COCc1c(Br)cccc1NCc1cc(OC)cc(C)n1. The molecule has 0 atom stereocenters. The van der Waals surface area contributed by atoms with Gasteiger partial charge in [0.25, 0.3) is 0 Å². The molecular weight excluding hydrogens is 332 g/mol. The number of aromatic nitrogens is 1. The molecule has 4 nitrogen and oxygen atoms in total. The van der Waals surface area contributed by atoms with E-state index >= 15 is 0 Å². The maximum Gasteiger partial charge on any atom is 0.122 e. The molecule has 0 unspecified atom stereocenters. The van der Waals surface area contributed by atoms with Crippen LogP contribution < -0.4 is 10.1 Å². The van der Waals surface area contributed by atoms with Gasteiger partial charge >= 0.3 is 0 Å². The number of anilines is 1. The van der Waals surface area contributed by atoms with Crippen LogP contribution in [0.2, 0.25) is 0 Å². The summed E-state index contributed by atoms with van der Waals surface area (Å²) in [4.78, 5) is 4.51. The number of nitrogens with zero attached hydrogens (tertiary/aromatic N) is 1. The van der Waals surface area contributed by atoms with Gasteiger partial charge in [0, 0.05) is 40.7 Å². The molecule has 0 aliphatic carbocycles. The minimum atomic E-state index is 0.550. The van der Waals surface area contributed by atoms with Crippen LogP contribution in [0.4, 0.5) is 5.69 Å². The van der Waals surface area contributed by atoms with E-state index in [0.29, 0.717) is 13.2 Å². The van der Waals surface area contributed by atoms with E-state index in [-0.39, 0.29) is 0 Å². The number of hydrogen-bond acceptors (Lipinski definition) is 4. The molecule has 0 bridgehead atoms. The van der Waals surface area contributed by atoms with Crippen molar-refractivity contribution in [3.05, 3.63) is 51.8 Å². The van der Waals surface area contributed by atoms with Gasteiger partial charge in [-0.2, -0.15) is 0 Å². The number of pyridine rings is 1. The molecule has 21 heavy (non-hydrogen) atoms. The van der Waals surface area contributed by atoms with Gasteiger partial charge in [-0.05, 0) is 19.1 Å². The molecule has 2 rings (SSSR count). The fraction of sp³-hybridized carbons (Fsp3) is 0.312. The molecule has 0 aliphatic heterocycles. The normalized spacial score (nSPS) is 10.5. The third kappa shape index (κ3) is 4.19. The zero-order valence-electron chi connectivity index (χ0n) is 12.4. The highest BCUT2D eigenvalue weighted by atomic mass is 79.9. The predicted molar refractivity (Wildman–Crippen MR) is 87.7 cm³/mol. The van der Waals surface area contributed by atoms with Crippen LogP contribution in [0.5, 0.6) is 5.75 Å². The van der Waals surface area contributed by atoms with Crippen molar-refractivity contribution in [1.29, 1.82) is 0 Å². The monoisotopic (exact) mass is 350 g/mol. The topological polar surface area (TPSA) is 43.4 Å². The molecule has 1 heterocycles. The summed E-state index contributed by atoms with van der Waals surface area (Å²) in [5.41, 5.74) is 4.01. The van der Waals surface area contributed by atoms with Gasteiger partial charge in [-0.1, -0.05) is 22.0 Å². The summed E-state index contributed by atoms with van der Waals surface area (Å²) < 4.78 is 11.6. The molecule has 1 N–H and O–H groups in total. The maximum absolute atomic E-state index is 5.27. The summed E-state index contributed by atoms with van der Waals surface area (Å²) >= 11 is 3.55. The standard InChI is InChI=1S/C16H19BrN2O2/c1-11-7-13(21-3)8-12(19-11)9-18-16-6-4-5-15(17)14(16)10-20-2/h4-8,18H,9-10H2,1-3H3. The number of hydrogen-bond donors (Lipinski definition) is 1. The Labute approximate surface area is 133 Å². The van der Waals surface area contributed by atoms with E-state index in [9.17, 15) is 0 Å². The van der Waals surface area contributed by atoms with Crippen molar-refractivity contribution in [2.45, 2.75) is 20.1 Å². The first-order valence-corrected chi connectivity index (χ1v) is 7.45. The number of benzene rings is 1. The lowest BCUT2D eigenvalue weighted by Gasteiger charge is -2.13. The van der Waals surface area contributed by atoms with Crippen LogP contribution in [0.15, 0.2) is 34.8 Å². The second-order valence-electron chi connectivity index (χ2n) is 4.69. The summed E-state index contributed by atoms with van der Waals surface area (Å²) in [6.45, 7) is 3.14. The molecule has 1 aromatic heterocycles. The van der Waals surface area contributed by atoms with E-state index in [1.54, 1.807) is 14.2 Å². The summed E-state index contributed by atoms with van der Waals surface area (Å²) in [7, 11) is 3.35. The van der Waals surface area contributed by atoms with E-state index in [0.717, 1.165) is 32.9 Å². The Balaban J connectivity index is 2.16. The highest BCUT2D eigenvalue weighted by Gasteiger charge is 2.07. The van der Waals surface area contributed by atoms with Crippen LogP contribution in [-0.4, -0.2) is 19.2 Å². The van der Waals surface area contributed by atoms with E-state index in [4.69, 9.17) is 9.47 Å². The zero-order valence-corrected chi connectivity index (χ0v) is 14.0. The highest BCUT2D eigenvalue weighted by molar-refractivity contribution is 9.10. The van der Waals surface area contributed by atoms with Gasteiger partial charge in [0.1, 0.15) is 5.75 Å². The molecule has 0 amide bonds. The van der Waals surface area contributed by atoms with Crippen LogP contribution in [0.1, 0.15) is 17.0 Å². The second-order valence-corrected chi connectivity index (χ2v) is 5.55. The molecular formula is C16H19BrN2O2. The van der Waals surface area contributed by atoms with Crippen molar-refractivity contribution in [3.63, 3.8) is 0 Å². The number of aryl methyl sites for hydroxylation is 1. The van der Waals surface area contributed by atoms with Crippen LogP contribution in [-0.2, 0) is 17.9 Å². The van der Waals surface area contributed by atoms with Gasteiger partial charge in [0.15, 0.2) is 0 Å². The molecule has 5 heteroatoms. The minimum Gasteiger partial charge on any atom is -0.497 e. The van der Waals surface area contributed by atoms with Crippen molar-refractivity contribution >= 4 is 21.6 Å². The van der Waals surface area contributed by atoms with E-state index in [1.165, 1.54) is 0 Å². The zero-order chi connectivity index (χ0) is 15.2. The van der Waals surface area contributed by atoms with Crippen molar-refractivity contribution in [1.82, 2.24) is 4.98 Å². The van der Waals surface area contributed by atoms with E-state index in [2.05, 4.69) is 26.2 Å². The Bertz CT molecular complexity index is 617. The first-order valence-electron chi connectivity index (χ1n) is 6.65. The number of ether oxygens (including phenoxy) is 2. The van der Waals surface area contributed by atoms with Gasteiger partial charge < -0.3 is 14.8 Å². The summed E-state index contributed by atoms with van der Waals surface area (Å²) in [5.74, 6) is 0.825. The third-order valence-electron chi connectivity index (χ3n) is 3.08. The molecule has 2 aromatic rings. The molecule has 0 saturated heterocycles. The number of nitrogens with one attached hydrogen (secondary N) is 1. The number of rotatable bonds is 6. The quantitative estimate of drug-likeness (QED) is 0.857. The Morgan fingerprint density at radius 2 is 2.05 bits per heavy atom. The predicted octanol–water partition coefficient (Wildman–Crippen LogP) is 3.92. The van der Waals surface area contributed by atoms with Crippen molar-refractivity contribution < 1.29 is 9.47 Å². The second kappa shape index (κ2) is 7.43. The van der Waals surface area contributed by atoms with Gasteiger partial charge in [-0.25, -0.2) is 0 Å². The Morgan fingerprint density at radius 3 is 2.76 bits per heavy atom. The van der Waals surface area contributed by atoms with Gasteiger partial charge in [0.05, 0.1) is 26.0 Å². The molecule has 0 spiro atoms.